The zero-order valence-electron chi connectivity index (χ0n) is 13.7. The minimum Gasteiger partial charge on any atom is -0.273 e. The van der Waals surface area contributed by atoms with E-state index >= 15 is 0 Å². The lowest BCUT2D eigenvalue weighted by Gasteiger charge is -2.19. The van der Waals surface area contributed by atoms with Crippen LogP contribution in [0.2, 0.25) is 0 Å². The molecular formula is C16H23N3O2S. The van der Waals surface area contributed by atoms with Gasteiger partial charge in [0.15, 0.2) is 0 Å². The van der Waals surface area contributed by atoms with E-state index in [0.29, 0.717) is 5.69 Å². The van der Waals surface area contributed by atoms with Gasteiger partial charge in [-0.2, -0.15) is 5.10 Å². The van der Waals surface area contributed by atoms with Crippen molar-refractivity contribution < 1.29 is 8.42 Å². The van der Waals surface area contributed by atoms with Gasteiger partial charge in [-0.1, -0.05) is 32.9 Å². The molecule has 5 nitrogen and oxygen atoms in total. The second-order valence-electron chi connectivity index (χ2n) is 6.50. The van der Waals surface area contributed by atoms with Crippen molar-refractivity contribution in [3.63, 3.8) is 0 Å². The van der Waals surface area contributed by atoms with Crippen molar-refractivity contribution in [2.75, 3.05) is 0 Å². The van der Waals surface area contributed by atoms with Crippen molar-refractivity contribution in [2.24, 2.45) is 7.05 Å². The van der Waals surface area contributed by atoms with Gasteiger partial charge >= 0.3 is 0 Å². The van der Waals surface area contributed by atoms with Crippen LogP contribution in [-0.4, -0.2) is 18.2 Å². The van der Waals surface area contributed by atoms with E-state index in [9.17, 15) is 8.42 Å². The van der Waals surface area contributed by atoms with Crippen LogP contribution in [-0.2, 0) is 29.0 Å². The molecular weight excluding hydrogens is 298 g/mol. The third-order valence-electron chi connectivity index (χ3n) is 3.64. The summed E-state index contributed by atoms with van der Waals surface area (Å²) >= 11 is 0. The molecule has 22 heavy (non-hydrogen) atoms. The fourth-order valence-electron chi connectivity index (χ4n) is 2.11. The first-order valence-electron chi connectivity index (χ1n) is 7.19. The summed E-state index contributed by atoms with van der Waals surface area (Å²) in [6.07, 6.45) is 0. The van der Waals surface area contributed by atoms with E-state index in [1.807, 2.05) is 32.2 Å². The van der Waals surface area contributed by atoms with Gasteiger partial charge < -0.3 is 0 Å². The highest BCUT2D eigenvalue weighted by Crippen LogP contribution is 2.23. The number of nitrogens with one attached hydrogen (secondary N) is 1. The first kappa shape index (κ1) is 16.7. The van der Waals surface area contributed by atoms with Crippen LogP contribution in [0.5, 0.6) is 0 Å². The molecule has 0 aliphatic carbocycles. The summed E-state index contributed by atoms with van der Waals surface area (Å²) in [6, 6.07) is 8.88. The molecule has 0 spiro atoms. The molecule has 0 saturated carbocycles. The molecule has 1 heterocycles. The number of hydrogen-bond donors (Lipinski definition) is 1. The Labute approximate surface area is 132 Å². The molecule has 0 aliphatic rings. The van der Waals surface area contributed by atoms with E-state index in [2.05, 4.69) is 30.6 Å². The SMILES string of the molecule is Cc1cc(CNS(=O)(=O)c2ccc(C(C)(C)C)cc2)nn1C. The molecule has 0 bridgehead atoms. The highest BCUT2D eigenvalue weighted by atomic mass is 32.2. The molecule has 1 N–H and O–H groups in total. The topological polar surface area (TPSA) is 64.0 Å². The Morgan fingerprint density at radius 3 is 2.23 bits per heavy atom. The maximum absolute atomic E-state index is 12.3. The van der Waals surface area contributed by atoms with E-state index in [4.69, 9.17) is 0 Å². The summed E-state index contributed by atoms with van der Waals surface area (Å²) in [5, 5.41) is 4.24. The van der Waals surface area contributed by atoms with Crippen LogP contribution >= 0.6 is 0 Å². The van der Waals surface area contributed by atoms with Crippen molar-refractivity contribution >= 4 is 10.0 Å². The first-order valence-corrected chi connectivity index (χ1v) is 8.67. The molecule has 2 aromatic rings. The van der Waals surface area contributed by atoms with Gasteiger partial charge in [0.05, 0.1) is 17.1 Å². The molecule has 1 aromatic carbocycles. The fraction of sp³-hybridized carbons (Fsp3) is 0.438. The molecule has 0 unspecified atom stereocenters. The maximum atomic E-state index is 12.3. The second-order valence-corrected chi connectivity index (χ2v) is 8.27. The number of nitrogens with zero attached hydrogens (tertiary/aromatic N) is 2. The zero-order chi connectivity index (χ0) is 16.5. The summed E-state index contributed by atoms with van der Waals surface area (Å²) in [4.78, 5) is 0.271. The predicted molar refractivity (Wildman–Crippen MR) is 87.1 cm³/mol. The minimum absolute atomic E-state index is 0.00120. The highest BCUT2D eigenvalue weighted by molar-refractivity contribution is 7.89. The Morgan fingerprint density at radius 1 is 1.18 bits per heavy atom. The summed E-state index contributed by atoms with van der Waals surface area (Å²) in [6.45, 7) is 8.40. The average molecular weight is 321 g/mol. The summed E-state index contributed by atoms with van der Waals surface area (Å²) in [5.74, 6) is 0. The zero-order valence-corrected chi connectivity index (χ0v) is 14.5. The monoisotopic (exact) mass is 321 g/mol. The Bertz CT molecular complexity index is 734. The average Bonchev–Trinajstić information content (AvgIpc) is 2.75. The Morgan fingerprint density at radius 2 is 1.77 bits per heavy atom. The molecule has 0 fully saturated rings. The van der Waals surface area contributed by atoms with Crippen LogP contribution < -0.4 is 4.72 Å². The van der Waals surface area contributed by atoms with Gasteiger partial charge in [0.1, 0.15) is 0 Å². The quantitative estimate of drug-likeness (QED) is 0.941. The Balaban J connectivity index is 2.13. The highest BCUT2D eigenvalue weighted by Gasteiger charge is 2.17. The number of rotatable bonds is 4. The summed E-state index contributed by atoms with van der Waals surface area (Å²) < 4.78 is 28.9. The van der Waals surface area contributed by atoms with Crippen molar-refractivity contribution in [2.45, 2.75) is 44.6 Å². The van der Waals surface area contributed by atoms with E-state index < -0.39 is 10.0 Å². The van der Waals surface area contributed by atoms with Crippen molar-refractivity contribution in [1.29, 1.82) is 0 Å². The van der Waals surface area contributed by atoms with Crippen molar-refractivity contribution in [3.05, 3.63) is 47.3 Å². The van der Waals surface area contributed by atoms with Gasteiger partial charge in [-0.15, -0.1) is 0 Å². The number of aryl methyl sites for hydroxylation is 2. The van der Waals surface area contributed by atoms with Crippen molar-refractivity contribution in [1.82, 2.24) is 14.5 Å². The molecule has 0 amide bonds. The minimum atomic E-state index is -3.52. The van der Waals surface area contributed by atoms with Gasteiger partial charge in [-0.05, 0) is 36.1 Å². The third kappa shape index (κ3) is 3.75. The van der Waals surface area contributed by atoms with Gasteiger partial charge in [0.25, 0.3) is 0 Å². The lowest BCUT2D eigenvalue weighted by molar-refractivity contribution is 0.576. The van der Waals surface area contributed by atoms with Crippen LogP contribution in [0.1, 0.15) is 37.7 Å². The largest absolute Gasteiger partial charge is 0.273 e. The van der Waals surface area contributed by atoms with Gasteiger partial charge in [0.2, 0.25) is 10.0 Å². The lowest BCUT2D eigenvalue weighted by Crippen LogP contribution is -2.23. The lowest BCUT2D eigenvalue weighted by atomic mass is 9.87. The number of hydrogen-bond acceptors (Lipinski definition) is 3. The Kier molecular flexibility index (Phi) is 4.44. The number of aromatic nitrogens is 2. The number of sulfonamides is 1. The van der Waals surface area contributed by atoms with Crippen LogP contribution in [0.25, 0.3) is 0 Å². The molecule has 120 valence electrons. The fourth-order valence-corrected chi connectivity index (χ4v) is 3.11. The molecule has 2 rings (SSSR count). The number of benzene rings is 1. The molecule has 0 radical (unpaired) electrons. The van der Waals surface area contributed by atoms with Crippen LogP contribution in [0, 0.1) is 6.92 Å². The van der Waals surface area contributed by atoms with Crippen LogP contribution in [0.4, 0.5) is 0 Å². The standard InChI is InChI=1S/C16H23N3O2S/c1-12-10-14(18-19(12)5)11-17-22(20,21)15-8-6-13(7-9-15)16(2,3)4/h6-10,17H,11H2,1-5H3. The maximum Gasteiger partial charge on any atom is 0.240 e. The van der Waals surface area contributed by atoms with E-state index in [1.54, 1.807) is 16.8 Å². The van der Waals surface area contributed by atoms with Crippen LogP contribution in [0.15, 0.2) is 35.2 Å². The van der Waals surface area contributed by atoms with Gasteiger partial charge in [-0.3, -0.25) is 4.68 Å². The smallest absolute Gasteiger partial charge is 0.240 e. The summed E-state index contributed by atoms with van der Waals surface area (Å²) in [7, 11) is -1.69. The molecule has 1 aromatic heterocycles. The van der Waals surface area contributed by atoms with E-state index in [-0.39, 0.29) is 16.9 Å². The molecule has 6 heteroatoms. The first-order chi connectivity index (χ1) is 10.1. The van der Waals surface area contributed by atoms with Crippen molar-refractivity contribution in [3.8, 4) is 0 Å². The molecule has 0 atom stereocenters. The second kappa shape index (κ2) is 5.85. The van der Waals surface area contributed by atoms with Gasteiger partial charge in [-0.25, -0.2) is 13.1 Å². The summed E-state index contributed by atoms with van der Waals surface area (Å²) in [5.41, 5.74) is 2.80. The van der Waals surface area contributed by atoms with Crippen LogP contribution in [0.3, 0.4) is 0 Å². The molecule has 0 saturated heterocycles. The van der Waals surface area contributed by atoms with E-state index in [0.717, 1.165) is 11.3 Å². The molecule has 0 aliphatic heterocycles. The van der Waals surface area contributed by atoms with Gasteiger partial charge in [0, 0.05) is 12.7 Å². The predicted octanol–water partition coefficient (Wildman–Crippen LogP) is 2.50. The Hall–Kier alpha value is -1.66. The third-order valence-corrected chi connectivity index (χ3v) is 5.06. The normalized spacial score (nSPS) is 12.6. The van der Waals surface area contributed by atoms with E-state index in [1.165, 1.54) is 0 Å².